The lowest BCUT2D eigenvalue weighted by Gasteiger charge is -2.22. The summed E-state index contributed by atoms with van der Waals surface area (Å²) in [4.78, 5) is 20.1. The second kappa shape index (κ2) is 6.30. The van der Waals surface area contributed by atoms with Crippen molar-refractivity contribution < 1.29 is 9.53 Å². The zero-order valence-electron chi connectivity index (χ0n) is 10.5. The minimum atomic E-state index is -0.169. The predicted molar refractivity (Wildman–Crippen MR) is 67.5 cm³/mol. The third-order valence-corrected chi connectivity index (χ3v) is 2.80. The van der Waals surface area contributed by atoms with E-state index in [4.69, 9.17) is 4.74 Å². The molecule has 1 aromatic heterocycles. The molecule has 6 nitrogen and oxygen atoms in total. The third-order valence-electron chi connectivity index (χ3n) is 2.80. The average Bonchev–Trinajstić information content (AvgIpc) is 2.41. The molecule has 6 heteroatoms. The quantitative estimate of drug-likeness (QED) is 0.827. The first-order valence-corrected chi connectivity index (χ1v) is 6.24. The van der Waals surface area contributed by atoms with Crippen molar-refractivity contribution >= 4 is 11.7 Å². The van der Waals surface area contributed by atoms with Crippen molar-refractivity contribution in [3.8, 4) is 0 Å². The van der Waals surface area contributed by atoms with E-state index in [9.17, 15) is 4.79 Å². The molecule has 1 aliphatic heterocycles. The standard InChI is InChI=1S/C12H18N4O2/c1-2-13-11-8-14-10(7-15-11)12(17)16-9-3-5-18-6-4-9/h7-9H,2-6H2,1H3,(H,13,15)(H,16,17). The fourth-order valence-corrected chi connectivity index (χ4v) is 1.82. The average molecular weight is 250 g/mol. The van der Waals surface area contributed by atoms with Crippen molar-refractivity contribution in [3.05, 3.63) is 18.1 Å². The topological polar surface area (TPSA) is 76.1 Å². The van der Waals surface area contributed by atoms with E-state index in [0.717, 1.165) is 19.4 Å². The summed E-state index contributed by atoms with van der Waals surface area (Å²) in [5.41, 5.74) is 0.350. The molecule has 18 heavy (non-hydrogen) atoms. The van der Waals surface area contributed by atoms with Gasteiger partial charge in [-0.2, -0.15) is 0 Å². The summed E-state index contributed by atoms with van der Waals surface area (Å²) >= 11 is 0. The highest BCUT2D eigenvalue weighted by Gasteiger charge is 2.17. The third kappa shape index (κ3) is 3.40. The number of ether oxygens (including phenoxy) is 1. The van der Waals surface area contributed by atoms with Crippen LogP contribution in [-0.4, -0.2) is 41.7 Å². The number of rotatable bonds is 4. The van der Waals surface area contributed by atoms with Crippen LogP contribution in [0.3, 0.4) is 0 Å². The number of hydrogen-bond acceptors (Lipinski definition) is 5. The molecule has 0 aromatic carbocycles. The number of hydrogen-bond donors (Lipinski definition) is 2. The summed E-state index contributed by atoms with van der Waals surface area (Å²) in [5.74, 6) is 0.512. The Bertz CT molecular complexity index is 388. The molecule has 1 saturated heterocycles. The molecule has 0 saturated carbocycles. The SMILES string of the molecule is CCNc1cnc(C(=O)NC2CCOCC2)cn1. The Morgan fingerprint density at radius 2 is 2.17 bits per heavy atom. The summed E-state index contributed by atoms with van der Waals surface area (Å²) < 4.78 is 5.24. The molecule has 0 bridgehead atoms. The molecule has 2 rings (SSSR count). The van der Waals surface area contributed by atoms with Crippen LogP contribution < -0.4 is 10.6 Å². The summed E-state index contributed by atoms with van der Waals surface area (Å²) in [6.07, 6.45) is 4.78. The fraction of sp³-hybridized carbons (Fsp3) is 0.583. The lowest BCUT2D eigenvalue weighted by molar-refractivity contribution is 0.0694. The molecular weight excluding hydrogens is 232 g/mol. The van der Waals surface area contributed by atoms with Crippen LogP contribution in [0.4, 0.5) is 5.82 Å². The van der Waals surface area contributed by atoms with Gasteiger partial charge in [-0.25, -0.2) is 9.97 Å². The second-order valence-electron chi connectivity index (χ2n) is 4.18. The van der Waals surface area contributed by atoms with Gasteiger partial charge in [0.1, 0.15) is 11.5 Å². The highest BCUT2D eigenvalue weighted by Crippen LogP contribution is 2.07. The first-order valence-electron chi connectivity index (χ1n) is 6.24. The smallest absolute Gasteiger partial charge is 0.271 e. The molecule has 1 amide bonds. The van der Waals surface area contributed by atoms with Crippen molar-refractivity contribution in [1.82, 2.24) is 15.3 Å². The van der Waals surface area contributed by atoms with Crippen LogP contribution in [0.15, 0.2) is 12.4 Å². The predicted octanol–water partition coefficient (Wildman–Crippen LogP) is 0.817. The maximum atomic E-state index is 11.9. The van der Waals surface area contributed by atoms with E-state index < -0.39 is 0 Å². The molecule has 2 heterocycles. The number of nitrogens with one attached hydrogen (secondary N) is 2. The largest absolute Gasteiger partial charge is 0.381 e. The van der Waals surface area contributed by atoms with Gasteiger partial charge in [-0.3, -0.25) is 4.79 Å². The summed E-state index contributed by atoms with van der Waals surface area (Å²) in [7, 11) is 0. The van der Waals surface area contributed by atoms with E-state index in [1.165, 1.54) is 6.20 Å². The lowest BCUT2D eigenvalue weighted by atomic mass is 10.1. The van der Waals surface area contributed by atoms with Gasteiger partial charge in [0.25, 0.3) is 5.91 Å². The Labute approximate surface area is 106 Å². The molecule has 0 unspecified atom stereocenters. The van der Waals surface area contributed by atoms with Crippen molar-refractivity contribution in [2.75, 3.05) is 25.1 Å². The Morgan fingerprint density at radius 1 is 1.39 bits per heavy atom. The zero-order chi connectivity index (χ0) is 12.8. The Hall–Kier alpha value is -1.69. The van der Waals surface area contributed by atoms with Gasteiger partial charge >= 0.3 is 0 Å². The highest BCUT2D eigenvalue weighted by atomic mass is 16.5. The second-order valence-corrected chi connectivity index (χ2v) is 4.18. The van der Waals surface area contributed by atoms with Gasteiger partial charge < -0.3 is 15.4 Å². The van der Waals surface area contributed by atoms with Crippen LogP contribution in [0, 0.1) is 0 Å². The maximum absolute atomic E-state index is 11.9. The Balaban J connectivity index is 1.91. The van der Waals surface area contributed by atoms with Crippen molar-refractivity contribution in [2.24, 2.45) is 0 Å². The number of amides is 1. The van der Waals surface area contributed by atoms with Crippen molar-refractivity contribution in [1.29, 1.82) is 0 Å². The van der Waals surface area contributed by atoms with E-state index >= 15 is 0 Å². The van der Waals surface area contributed by atoms with E-state index in [1.54, 1.807) is 6.20 Å². The first-order chi connectivity index (χ1) is 8.79. The molecule has 0 aliphatic carbocycles. The molecule has 1 aromatic rings. The molecular formula is C12H18N4O2. The van der Waals surface area contributed by atoms with Gasteiger partial charge in [-0.05, 0) is 19.8 Å². The lowest BCUT2D eigenvalue weighted by Crippen LogP contribution is -2.39. The molecule has 1 fully saturated rings. The van der Waals surface area contributed by atoms with Gasteiger partial charge in [0.15, 0.2) is 0 Å². The molecule has 0 radical (unpaired) electrons. The van der Waals surface area contributed by atoms with E-state index in [1.807, 2.05) is 6.92 Å². The van der Waals surface area contributed by atoms with Crippen LogP contribution in [0.2, 0.25) is 0 Å². The number of carbonyl (C=O) groups is 1. The van der Waals surface area contributed by atoms with Gasteiger partial charge in [0, 0.05) is 25.8 Å². The van der Waals surface area contributed by atoms with Crippen molar-refractivity contribution in [2.45, 2.75) is 25.8 Å². The van der Waals surface area contributed by atoms with Crippen LogP contribution in [0.25, 0.3) is 0 Å². The van der Waals surface area contributed by atoms with E-state index in [-0.39, 0.29) is 11.9 Å². The molecule has 98 valence electrons. The van der Waals surface area contributed by atoms with Gasteiger partial charge in [-0.1, -0.05) is 0 Å². The van der Waals surface area contributed by atoms with Crippen molar-refractivity contribution in [3.63, 3.8) is 0 Å². The Kier molecular flexibility index (Phi) is 4.46. The fourth-order valence-electron chi connectivity index (χ4n) is 1.82. The number of aromatic nitrogens is 2. The van der Waals surface area contributed by atoms with Gasteiger partial charge in [0.05, 0.1) is 12.4 Å². The zero-order valence-corrected chi connectivity index (χ0v) is 10.5. The highest BCUT2D eigenvalue weighted by molar-refractivity contribution is 5.92. The van der Waals surface area contributed by atoms with Gasteiger partial charge in [-0.15, -0.1) is 0 Å². The van der Waals surface area contributed by atoms with Crippen LogP contribution >= 0.6 is 0 Å². The number of carbonyl (C=O) groups excluding carboxylic acids is 1. The minimum Gasteiger partial charge on any atom is -0.381 e. The maximum Gasteiger partial charge on any atom is 0.271 e. The number of anilines is 1. The molecule has 1 aliphatic rings. The summed E-state index contributed by atoms with van der Waals surface area (Å²) in [6, 6.07) is 0.182. The molecule has 0 atom stereocenters. The van der Waals surface area contributed by atoms with E-state index in [0.29, 0.717) is 24.7 Å². The monoisotopic (exact) mass is 250 g/mol. The van der Waals surface area contributed by atoms with Crippen LogP contribution in [0.5, 0.6) is 0 Å². The molecule has 2 N–H and O–H groups in total. The minimum absolute atomic E-state index is 0.169. The summed E-state index contributed by atoms with van der Waals surface area (Å²) in [5, 5.41) is 5.98. The van der Waals surface area contributed by atoms with Crippen LogP contribution in [-0.2, 0) is 4.74 Å². The molecule has 0 spiro atoms. The van der Waals surface area contributed by atoms with Crippen LogP contribution in [0.1, 0.15) is 30.3 Å². The van der Waals surface area contributed by atoms with E-state index in [2.05, 4.69) is 20.6 Å². The normalized spacial score (nSPS) is 16.3. The first kappa shape index (κ1) is 12.8. The van der Waals surface area contributed by atoms with Gasteiger partial charge in [0.2, 0.25) is 0 Å². The Morgan fingerprint density at radius 3 is 2.78 bits per heavy atom. The number of nitrogens with zero attached hydrogens (tertiary/aromatic N) is 2. The summed E-state index contributed by atoms with van der Waals surface area (Å²) in [6.45, 7) is 4.17.